The van der Waals surface area contributed by atoms with E-state index in [2.05, 4.69) is 19.7 Å². The molecule has 4 aromatic rings. The quantitative estimate of drug-likeness (QED) is 0.486. The number of carbonyl (C=O) groups is 1. The third-order valence-electron chi connectivity index (χ3n) is 4.26. The van der Waals surface area contributed by atoms with Gasteiger partial charge in [0.15, 0.2) is 5.65 Å². The molecule has 0 fully saturated rings. The average Bonchev–Trinajstić information content (AvgIpc) is 3.22. The van der Waals surface area contributed by atoms with E-state index in [9.17, 15) is 4.79 Å². The molecule has 0 saturated carbocycles. The molecule has 6 nitrogen and oxygen atoms in total. The SMILES string of the molecule is CCOc1ccc(CNC(=O)CSc2nc3ncccc3n3cccc23)cc1. The third kappa shape index (κ3) is 3.94. The molecule has 0 radical (unpaired) electrons. The van der Waals surface area contributed by atoms with Crippen LogP contribution in [0.25, 0.3) is 16.7 Å². The third-order valence-corrected chi connectivity index (χ3v) is 5.25. The molecule has 0 saturated heterocycles. The standard InChI is InChI=1S/C21H20N4O2S/c1-2-27-16-9-7-15(8-10-16)13-23-19(26)14-28-21-18-6-4-12-25(18)17-5-3-11-22-20(17)24-21/h3-12H,2,13-14H2,1H3,(H,23,26). The zero-order chi connectivity index (χ0) is 19.3. The van der Waals surface area contributed by atoms with Crippen LogP contribution in [0.4, 0.5) is 0 Å². The van der Waals surface area contributed by atoms with Crippen molar-refractivity contribution in [3.05, 3.63) is 66.5 Å². The Labute approximate surface area is 167 Å². The summed E-state index contributed by atoms with van der Waals surface area (Å²) >= 11 is 1.42. The summed E-state index contributed by atoms with van der Waals surface area (Å²) in [6.45, 7) is 3.08. The second kappa shape index (κ2) is 8.31. The van der Waals surface area contributed by atoms with E-state index < -0.39 is 0 Å². The number of hydrogen-bond acceptors (Lipinski definition) is 5. The van der Waals surface area contributed by atoms with Crippen LogP contribution in [-0.2, 0) is 11.3 Å². The molecule has 3 aromatic heterocycles. The van der Waals surface area contributed by atoms with Crippen molar-refractivity contribution in [1.29, 1.82) is 0 Å². The first-order valence-corrected chi connectivity index (χ1v) is 10.1. The summed E-state index contributed by atoms with van der Waals surface area (Å²) in [6, 6.07) is 15.6. The van der Waals surface area contributed by atoms with Crippen LogP contribution in [0.1, 0.15) is 12.5 Å². The number of hydrogen-bond donors (Lipinski definition) is 1. The zero-order valence-corrected chi connectivity index (χ0v) is 16.3. The monoisotopic (exact) mass is 392 g/mol. The fraction of sp³-hybridized carbons (Fsp3) is 0.190. The Morgan fingerprint density at radius 3 is 2.79 bits per heavy atom. The number of benzene rings is 1. The van der Waals surface area contributed by atoms with Crippen molar-refractivity contribution in [2.45, 2.75) is 18.5 Å². The van der Waals surface area contributed by atoms with Gasteiger partial charge in [-0.1, -0.05) is 23.9 Å². The number of nitrogens with one attached hydrogen (secondary N) is 1. The summed E-state index contributed by atoms with van der Waals surface area (Å²) < 4.78 is 7.48. The molecule has 0 spiro atoms. The van der Waals surface area contributed by atoms with Gasteiger partial charge >= 0.3 is 0 Å². The largest absolute Gasteiger partial charge is 0.494 e. The fourth-order valence-corrected chi connectivity index (χ4v) is 3.78. The molecule has 28 heavy (non-hydrogen) atoms. The van der Waals surface area contributed by atoms with E-state index in [4.69, 9.17) is 4.74 Å². The van der Waals surface area contributed by atoms with Gasteiger partial charge < -0.3 is 14.5 Å². The first-order chi connectivity index (χ1) is 13.7. The number of pyridine rings is 1. The number of thioether (sulfide) groups is 1. The lowest BCUT2D eigenvalue weighted by Crippen LogP contribution is -2.24. The topological polar surface area (TPSA) is 68.5 Å². The normalized spacial score (nSPS) is 11.0. The molecule has 0 atom stereocenters. The average molecular weight is 392 g/mol. The molecule has 0 unspecified atom stereocenters. The fourth-order valence-electron chi connectivity index (χ4n) is 2.94. The number of amides is 1. The number of aromatic nitrogens is 3. The Hall–Kier alpha value is -3.06. The van der Waals surface area contributed by atoms with Crippen molar-refractivity contribution in [2.24, 2.45) is 0 Å². The minimum absolute atomic E-state index is 0.0356. The van der Waals surface area contributed by atoms with Crippen molar-refractivity contribution in [2.75, 3.05) is 12.4 Å². The van der Waals surface area contributed by atoms with E-state index in [0.29, 0.717) is 24.6 Å². The van der Waals surface area contributed by atoms with Crippen LogP contribution in [0, 0.1) is 0 Å². The molecule has 0 aliphatic heterocycles. The predicted octanol–water partition coefficient (Wildman–Crippen LogP) is 3.69. The van der Waals surface area contributed by atoms with Gasteiger partial charge in [0.1, 0.15) is 10.8 Å². The van der Waals surface area contributed by atoms with E-state index >= 15 is 0 Å². The van der Waals surface area contributed by atoms with Crippen LogP contribution in [-0.4, -0.2) is 32.6 Å². The van der Waals surface area contributed by atoms with E-state index in [-0.39, 0.29) is 5.91 Å². The summed E-state index contributed by atoms with van der Waals surface area (Å²) in [5.74, 6) is 1.09. The molecule has 0 aliphatic carbocycles. The molecule has 0 bridgehead atoms. The summed E-state index contributed by atoms with van der Waals surface area (Å²) in [5.41, 5.74) is 3.63. The lowest BCUT2D eigenvalue weighted by Gasteiger charge is -2.09. The van der Waals surface area contributed by atoms with Crippen molar-refractivity contribution in [3.63, 3.8) is 0 Å². The first kappa shape index (κ1) is 18.3. The second-order valence-electron chi connectivity index (χ2n) is 6.17. The van der Waals surface area contributed by atoms with Crippen molar-refractivity contribution in [1.82, 2.24) is 19.7 Å². The van der Waals surface area contributed by atoms with Gasteiger partial charge in [0.2, 0.25) is 5.91 Å². The number of rotatable bonds is 7. The Bertz CT molecular complexity index is 1110. The molecule has 3 heterocycles. The number of ether oxygens (including phenoxy) is 1. The summed E-state index contributed by atoms with van der Waals surface area (Å²) in [4.78, 5) is 21.3. The van der Waals surface area contributed by atoms with Crippen LogP contribution in [0.15, 0.2) is 66.0 Å². The minimum atomic E-state index is -0.0356. The minimum Gasteiger partial charge on any atom is -0.494 e. The van der Waals surface area contributed by atoms with E-state index in [1.54, 1.807) is 6.20 Å². The molecule has 7 heteroatoms. The van der Waals surface area contributed by atoms with Crippen LogP contribution in [0.2, 0.25) is 0 Å². The Kier molecular flexibility index (Phi) is 5.43. The van der Waals surface area contributed by atoms with Crippen molar-refractivity contribution < 1.29 is 9.53 Å². The number of nitrogens with zero attached hydrogens (tertiary/aromatic N) is 3. The van der Waals surface area contributed by atoms with Crippen LogP contribution >= 0.6 is 11.8 Å². The van der Waals surface area contributed by atoms with E-state index in [1.807, 2.05) is 61.7 Å². The number of carbonyl (C=O) groups excluding carboxylic acids is 1. The van der Waals surface area contributed by atoms with E-state index in [1.165, 1.54) is 11.8 Å². The van der Waals surface area contributed by atoms with Gasteiger partial charge in [0.25, 0.3) is 0 Å². The number of fused-ring (bicyclic) bond motifs is 3. The second-order valence-corrected chi connectivity index (χ2v) is 7.13. The van der Waals surface area contributed by atoms with Crippen LogP contribution in [0.3, 0.4) is 0 Å². The predicted molar refractivity (Wildman–Crippen MR) is 111 cm³/mol. The Morgan fingerprint density at radius 2 is 1.96 bits per heavy atom. The van der Waals surface area contributed by atoms with Gasteiger partial charge in [-0.15, -0.1) is 0 Å². The Balaban J connectivity index is 1.39. The summed E-state index contributed by atoms with van der Waals surface area (Å²) in [7, 11) is 0. The van der Waals surface area contributed by atoms with Crippen LogP contribution < -0.4 is 10.1 Å². The van der Waals surface area contributed by atoms with Gasteiger partial charge in [-0.05, 0) is 48.9 Å². The van der Waals surface area contributed by atoms with Gasteiger partial charge in [-0.3, -0.25) is 4.79 Å². The van der Waals surface area contributed by atoms with Gasteiger partial charge in [-0.2, -0.15) is 0 Å². The highest BCUT2D eigenvalue weighted by Crippen LogP contribution is 2.25. The van der Waals surface area contributed by atoms with Gasteiger partial charge in [0.05, 0.1) is 23.4 Å². The lowest BCUT2D eigenvalue weighted by atomic mass is 10.2. The maximum Gasteiger partial charge on any atom is 0.230 e. The Morgan fingerprint density at radius 1 is 1.14 bits per heavy atom. The molecule has 142 valence electrons. The molecular formula is C21H20N4O2S. The lowest BCUT2D eigenvalue weighted by molar-refractivity contribution is -0.118. The maximum absolute atomic E-state index is 12.3. The molecule has 1 N–H and O–H groups in total. The summed E-state index contributed by atoms with van der Waals surface area (Å²) in [5, 5.41) is 3.75. The molecule has 1 amide bonds. The first-order valence-electron chi connectivity index (χ1n) is 9.07. The summed E-state index contributed by atoms with van der Waals surface area (Å²) in [6.07, 6.45) is 3.71. The van der Waals surface area contributed by atoms with Gasteiger partial charge in [0, 0.05) is 18.9 Å². The highest BCUT2D eigenvalue weighted by atomic mass is 32.2. The highest BCUT2D eigenvalue weighted by Gasteiger charge is 2.11. The van der Waals surface area contributed by atoms with Crippen LogP contribution in [0.5, 0.6) is 5.75 Å². The highest BCUT2D eigenvalue weighted by molar-refractivity contribution is 8.00. The van der Waals surface area contributed by atoms with Gasteiger partial charge in [-0.25, -0.2) is 9.97 Å². The van der Waals surface area contributed by atoms with Crippen molar-refractivity contribution >= 4 is 34.3 Å². The smallest absolute Gasteiger partial charge is 0.230 e. The molecule has 0 aliphatic rings. The van der Waals surface area contributed by atoms with Crippen molar-refractivity contribution in [3.8, 4) is 5.75 Å². The maximum atomic E-state index is 12.3. The van der Waals surface area contributed by atoms with E-state index in [0.717, 1.165) is 27.4 Å². The molecule has 4 rings (SSSR count). The zero-order valence-electron chi connectivity index (χ0n) is 15.5. The molecule has 1 aromatic carbocycles. The molecular weight excluding hydrogens is 372 g/mol.